The number of rotatable bonds is 12. The van der Waals surface area contributed by atoms with Crippen LogP contribution >= 0.6 is 0 Å². The van der Waals surface area contributed by atoms with Gasteiger partial charge in [-0.25, -0.2) is 0 Å². The van der Waals surface area contributed by atoms with Gasteiger partial charge in [0.15, 0.2) is 5.71 Å². The largest absolute Gasteiger partial charge is 0.508 e. The molecule has 0 fully saturated rings. The van der Waals surface area contributed by atoms with Crippen molar-refractivity contribution in [1.29, 1.82) is 0 Å². The number of hydrazone groups is 1. The van der Waals surface area contributed by atoms with Crippen LogP contribution < -0.4 is 20.2 Å². The highest BCUT2D eigenvalue weighted by molar-refractivity contribution is 7.91. The molecule has 0 unspecified atom stereocenters. The van der Waals surface area contributed by atoms with E-state index in [0.717, 1.165) is 6.08 Å². The van der Waals surface area contributed by atoms with Crippen LogP contribution in [0.4, 0.5) is 22.7 Å². The minimum Gasteiger partial charge on any atom is -0.508 e. The fourth-order valence-corrected chi connectivity index (χ4v) is 4.98. The summed E-state index contributed by atoms with van der Waals surface area (Å²) in [5.74, 6) is -0.584. The number of methoxy groups -OCH3 is 1. The number of aromatic hydroxyl groups is 1. The van der Waals surface area contributed by atoms with Gasteiger partial charge in [0.1, 0.15) is 34.4 Å². The molecule has 1 aliphatic rings. The summed E-state index contributed by atoms with van der Waals surface area (Å²) >= 11 is 0. The average Bonchev–Trinajstić information content (AvgIpc) is 2.98. The second kappa shape index (κ2) is 14.3. The Bertz CT molecular complexity index is 1870. The molecule has 242 valence electrons. The first-order chi connectivity index (χ1) is 21.8. The number of carbonyl (C=O) groups excluding carboxylic acids is 2. The molecule has 14 nitrogen and oxygen atoms in total. The number of nitrogens with one attached hydrogen (secondary N) is 2. The van der Waals surface area contributed by atoms with Crippen LogP contribution in [0.3, 0.4) is 0 Å². The van der Waals surface area contributed by atoms with Crippen LogP contribution in [-0.4, -0.2) is 61.9 Å². The van der Waals surface area contributed by atoms with E-state index < -0.39 is 26.5 Å². The topological polar surface area (TPSA) is 198 Å². The Morgan fingerprint density at radius 3 is 2.41 bits per heavy atom. The van der Waals surface area contributed by atoms with Gasteiger partial charge in [-0.1, -0.05) is 0 Å². The van der Waals surface area contributed by atoms with Crippen molar-refractivity contribution in [3.8, 4) is 17.2 Å². The number of allylic oxidation sites excluding steroid dienone is 1. The maximum absolute atomic E-state index is 13.4. The molecule has 0 heterocycles. The standard InChI is InChI=1S/C31H33N5O9S/c1-17(2)44-10-11-45-28-16-25(34-33-24-9-7-22(38)15-27(24)43-5)18(3)12-26(28)35-36-30-29(46(40,41)42)14-20-13-21(32-19(4)37)6-8-23(20)31(30)39/h6-9,12-17,35,38H,10-11H2,1-5H3,(H,32,37)(H,40,41,42)/b34-33+,36-30-. The first-order valence-corrected chi connectivity index (χ1v) is 15.4. The van der Waals surface area contributed by atoms with E-state index in [-0.39, 0.29) is 53.5 Å². The Balaban J connectivity index is 1.72. The minimum absolute atomic E-state index is 0.00464. The van der Waals surface area contributed by atoms with Gasteiger partial charge < -0.3 is 24.6 Å². The van der Waals surface area contributed by atoms with Gasteiger partial charge in [-0.05, 0) is 74.4 Å². The van der Waals surface area contributed by atoms with E-state index in [1.54, 1.807) is 25.1 Å². The second-order valence-electron chi connectivity index (χ2n) is 10.3. The summed E-state index contributed by atoms with van der Waals surface area (Å²) in [6.45, 7) is 7.20. The number of ether oxygens (including phenoxy) is 3. The van der Waals surface area contributed by atoms with Crippen molar-refractivity contribution in [3.63, 3.8) is 0 Å². The molecule has 0 saturated carbocycles. The molecule has 1 amide bonds. The average molecular weight is 652 g/mol. The lowest BCUT2D eigenvalue weighted by atomic mass is 9.94. The third-order valence-electron chi connectivity index (χ3n) is 6.44. The number of phenolic OH excluding ortho intramolecular Hbond substituents is 1. The zero-order valence-electron chi connectivity index (χ0n) is 25.7. The van der Waals surface area contributed by atoms with E-state index in [9.17, 15) is 27.7 Å². The summed E-state index contributed by atoms with van der Waals surface area (Å²) in [5.41, 5.74) is 4.40. The van der Waals surface area contributed by atoms with E-state index in [2.05, 4.69) is 26.1 Å². The van der Waals surface area contributed by atoms with Gasteiger partial charge in [0.05, 0.1) is 31.2 Å². The molecule has 1 aliphatic carbocycles. The number of nitrogens with zero attached hydrogens (tertiary/aromatic N) is 3. The summed E-state index contributed by atoms with van der Waals surface area (Å²) in [6, 6.07) is 11.9. The molecule has 0 atom stereocenters. The van der Waals surface area contributed by atoms with Crippen molar-refractivity contribution >= 4 is 56.3 Å². The number of Topliss-reactive ketones (excluding diaryl/α,β-unsaturated/α-hetero) is 1. The monoisotopic (exact) mass is 651 g/mol. The number of aryl methyl sites for hydroxylation is 1. The van der Waals surface area contributed by atoms with Gasteiger partial charge in [-0.15, -0.1) is 5.11 Å². The highest BCUT2D eigenvalue weighted by atomic mass is 32.2. The number of carbonyl (C=O) groups is 2. The molecule has 0 radical (unpaired) electrons. The van der Waals surface area contributed by atoms with Gasteiger partial charge in [-0.3, -0.25) is 19.6 Å². The molecule has 4 N–H and O–H groups in total. The fraction of sp³-hybridized carbons (Fsp3) is 0.258. The number of anilines is 2. The summed E-state index contributed by atoms with van der Waals surface area (Å²) in [7, 11) is -3.46. The van der Waals surface area contributed by atoms with Gasteiger partial charge in [0.2, 0.25) is 11.7 Å². The maximum Gasteiger partial charge on any atom is 0.296 e. The van der Waals surface area contributed by atoms with E-state index in [1.807, 2.05) is 13.8 Å². The Labute approximate surface area is 265 Å². The molecule has 3 aromatic carbocycles. The van der Waals surface area contributed by atoms with Crippen molar-refractivity contribution in [1.82, 2.24) is 0 Å². The number of phenols is 1. The van der Waals surface area contributed by atoms with Crippen LogP contribution in [0, 0.1) is 6.92 Å². The number of fused-ring (bicyclic) bond motifs is 1. The summed E-state index contributed by atoms with van der Waals surface area (Å²) in [4.78, 5) is 24.2. The zero-order valence-corrected chi connectivity index (χ0v) is 26.5. The predicted octanol–water partition coefficient (Wildman–Crippen LogP) is 5.78. The van der Waals surface area contributed by atoms with E-state index in [1.165, 1.54) is 44.4 Å². The number of hydrogen-bond donors (Lipinski definition) is 4. The molecule has 3 aromatic rings. The third-order valence-corrected chi connectivity index (χ3v) is 7.30. The Hall–Kier alpha value is -5.12. The second-order valence-corrected chi connectivity index (χ2v) is 11.7. The molecule has 0 bridgehead atoms. The van der Waals surface area contributed by atoms with Gasteiger partial charge in [0.25, 0.3) is 10.1 Å². The number of ketones is 1. The molecular weight excluding hydrogens is 618 g/mol. The highest BCUT2D eigenvalue weighted by Gasteiger charge is 2.33. The van der Waals surface area contributed by atoms with Crippen LogP contribution in [0.5, 0.6) is 17.2 Å². The van der Waals surface area contributed by atoms with E-state index >= 15 is 0 Å². The molecule has 0 aromatic heterocycles. The summed E-state index contributed by atoms with van der Waals surface area (Å²) in [6.07, 6.45) is 1.07. The third kappa shape index (κ3) is 8.32. The minimum atomic E-state index is -4.90. The van der Waals surface area contributed by atoms with Crippen LogP contribution in [0.2, 0.25) is 0 Å². The smallest absolute Gasteiger partial charge is 0.296 e. The SMILES string of the molecule is COc1cc(O)ccc1/N=N/c1cc(OCCOC(C)C)c(N/N=C2\C(=O)c3ccc(NC(C)=O)cc3C=C2S(=O)(=O)O)cc1C. The van der Waals surface area contributed by atoms with Gasteiger partial charge in [0, 0.05) is 30.3 Å². The normalized spacial score (nSPS) is 13.9. The number of amides is 1. The summed E-state index contributed by atoms with van der Waals surface area (Å²) in [5, 5.41) is 24.9. The Morgan fingerprint density at radius 1 is 1.00 bits per heavy atom. The lowest BCUT2D eigenvalue weighted by Gasteiger charge is -2.18. The number of hydrogen-bond acceptors (Lipinski definition) is 12. The van der Waals surface area contributed by atoms with Gasteiger partial charge in [-0.2, -0.15) is 18.6 Å². The predicted molar refractivity (Wildman–Crippen MR) is 172 cm³/mol. The molecule has 0 aliphatic heterocycles. The zero-order chi connectivity index (χ0) is 33.6. The maximum atomic E-state index is 13.4. The first kappa shape index (κ1) is 33.8. The quantitative estimate of drug-likeness (QED) is 0.0806. The van der Waals surface area contributed by atoms with Crippen LogP contribution in [0.1, 0.15) is 42.3 Å². The highest BCUT2D eigenvalue weighted by Crippen LogP contribution is 2.37. The molecule has 0 spiro atoms. The lowest BCUT2D eigenvalue weighted by Crippen LogP contribution is -2.27. The van der Waals surface area contributed by atoms with Crippen molar-refractivity contribution < 1.29 is 41.9 Å². The van der Waals surface area contributed by atoms with Crippen molar-refractivity contribution in [2.75, 3.05) is 31.1 Å². The molecular formula is C31H33N5O9S. The lowest BCUT2D eigenvalue weighted by molar-refractivity contribution is -0.114. The Kier molecular flexibility index (Phi) is 10.5. The molecule has 4 rings (SSSR count). The van der Waals surface area contributed by atoms with Crippen LogP contribution in [-0.2, 0) is 19.6 Å². The molecule has 46 heavy (non-hydrogen) atoms. The van der Waals surface area contributed by atoms with E-state index in [4.69, 9.17) is 14.2 Å². The number of benzene rings is 3. The number of azo groups is 1. The molecule has 15 heteroatoms. The molecule has 0 saturated heterocycles. The van der Waals surface area contributed by atoms with Crippen molar-refractivity contribution in [2.24, 2.45) is 15.3 Å². The Morgan fingerprint density at radius 2 is 1.74 bits per heavy atom. The van der Waals surface area contributed by atoms with E-state index in [0.29, 0.717) is 28.4 Å². The summed E-state index contributed by atoms with van der Waals surface area (Å²) < 4.78 is 51.4. The first-order valence-electron chi connectivity index (χ1n) is 13.9. The van der Waals surface area contributed by atoms with Gasteiger partial charge >= 0.3 is 0 Å². The van der Waals surface area contributed by atoms with Crippen molar-refractivity contribution in [3.05, 3.63) is 70.1 Å². The van der Waals surface area contributed by atoms with Crippen LogP contribution in [0.25, 0.3) is 6.08 Å². The fourth-order valence-electron chi connectivity index (χ4n) is 4.32. The van der Waals surface area contributed by atoms with Crippen molar-refractivity contribution in [2.45, 2.75) is 33.8 Å². The van der Waals surface area contributed by atoms with Crippen LogP contribution in [0.15, 0.2) is 68.8 Å².